The number of carbonyl (C=O) groups excluding carboxylic acids is 3. The largest absolute Gasteiger partial charge is 0.494 e. The van der Waals surface area contributed by atoms with E-state index in [4.69, 9.17) is 14.2 Å². The molecule has 37 heavy (non-hydrogen) atoms. The lowest BCUT2D eigenvalue weighted by atomic mass is 10.1. The fourth-order valence-corrected chi connectivity index (χ4v) is 4.31. The number of hydrogen-bond acceptors (Lipinski definition) is 6. The standard InChI is InChI=1S/C28H27N3O6/c1-2-14-35-22-11-9-20(10-12-22)29-26(32)16-23-27(33)31(21-6-4-3-5-7-21)28(34)30(23)17-19-8-13-24-25(15-19)37-18-36-24/h3-13,15,23H,2,14,16-18H2,1H3,(H,29,32)/t23-/m1/s1. The number of benzene rings is 3. The number of para-hydroxylation sites is 1. The molecule has 9 heteroatoms. The van der Waals surface area contributed by atoms with Crippen LogP contribution in [0, 0.1) is 0 Å². The third kappa shape index (κ3) is 5.20. The van der Waals surface area contributed by atoms with E-state index >= 15 is 0 Å². The molecular weight excluding hydrogens is 474 g/mol. The Bertz CT molecular complexity index is 1300. The lowest BCUT2D eigenvalue weighted by Gasteiger charge is -2.22. The summed E-state index contributed by atoms with van der Waals surface area (Å²) in [6.45, 7) is 2.90. The van der Waals surface area contributed by atoms with Crippen LogP contribution in [0.1, 0.15) is 25.3 Å². The zero-order valence-corrected chi connectivity index (χ0v) is 20.4. The molecular formula is C28H27N3O6. The highest BCUT2D eigenvalue weighted by Crippen LogP contribution is 2.34. The van der Waals surface area contributed by atoms with Crippen molar-refractivity contribution in [2.75, 3.05) is 23.6 Å². The Hall–Kier alpha value is -4.53. The first-order valence-electron chi connectivity index (χ1n) is 12.1. The maximum Gasteiger partial charge on any atom is 0.332 e. The Balaban J connectivity index is 1.35. The topological polar surface area (TPSA) is 97.4 Å². The van der Waals surface area contributed by atoms with Crippen LogP contribution in [0.2, 0.25) is 0 Å². The van der Waals surface area contributed by atoms with Crippen molar-refractivity contribution < 1.29 is 28.6 Å². The Morgan fingerprint density at radius 3 is 2.51 bits per heavy atom. The molecule has 2 aliphatic rings. The van der Waals surface area contributed by atoms with E-state index < -0.39 is 18.0 Å². The average Bonchev–Trinajstić information content (AvgIpc) is 3.47. The minimum Gasteiger partial charge on any atom is -0.494 e. The predicted molar refractivity (Wildman–Crippen MR) is 137 cm³/mol. The van der Waals surface area contributed by atoms with E-state index in [9.17, 15) is 14.4 Å². The molecule has 9 nitrogen and oxygen atoms in total. The summed E-state index contributed by atoms with van der Waals surface area (Å²) in [5, 5.41) is 2.82. The van der Waals surface area contributed by atoms with Crippen molar-refractivity contribution in [1.29, 1.82) is 0 Å². The summed E-state index contributed by atoms with van der Waals surface area (Å²) in [6, 6.07) is 19.7. The van der Waals surface area contributed by atoms with Crippen LogP contribution in [0.4, 0.5) is 16.2 Å². The van der Waals surface area contributed by atoms with E-state index in [-0.39, 0.29) is 25.7 Å². The minimum atomic E-state index is -0.967. The smallest absolute Gasteiger partial charge is 0.332 e. The van der Waals surface area contributed by atoms with Gasteiger partial charge < -0.3 is 24.4 Å². The molecule has 1 saturated heterocycles. The van der Waals surface area contributed by atoms with Crippen molar-refractivity contribution in [1.82, 2.24) is 4.90 Å². The first-order chi connectivity index (χ1) is 18.0. The number of ether oxygens (including phenoxy) is 3. The number of anilines is 2. The minimum absolute atomic E-state index is 0.131. The van der Waals surface area contributed by atoms with Gasteiger partial charge in [-0.3, -0.25) is 9.59 Å². The third-order valence-corrected chi connectivity index (χ3v) is 6.11. The summed E-state index contributed by atoms with van der Waals surface area (Å²) >= 11 is 0. The summed E-state index contributed by atoms with van der Waals surface area (Å²) in [6.07, 6.45) is 0.710. The van der Waals surface area contributed by atoms with Crippen molar-refractivity contribution in [3.05, 3.63) is 78.4 Å². The van der Waals surface area contributed by atoms with Crippen LogP contribution in [0.25, 0.3) is 0 Å². The Kier molecular flexibility index (Phi) is 6.93. The van der Waals surface area contributed by atoms with Crippen molar-refractivity contribution in [2.24, 2.45) is 0 Å². The molecule has 5 rings (SSSR count). The molecule has 0 aliphatic carbocycles. The quantitative estimate of drug-likeness (QED) is 0.432. The van der Waals surface area contributed by atoms with Crippen LogP contribution in [-0.2, 0) is 16.1 Å². The molecule has 0 spiro atoms. The molecule has 0 aromatic heterocycles. The maximum atomic E-state index is 13.5. The van der Waals surface area contributed by atoms with Gasteiger partial charge in [0.15, 0.2) is 11.5 Å². The predicted octanol–water partition coefficient (Wildman–Crippen LogP) is 4.57. The summed E-state index contributed by atoms with van der Waals surface area (Å²) in [4.78, 5) is 42.5. The summed E-state index contributed by atoms with van der Waals surface area (Å²) in [5.41, 5.74) is 1.79. The molecule has 3 aromatic carbocycles. The fourth-order valence-electron chi connectivity index (χ4n) is 4.31. The zero-order chi connectivity index (χ0) is 25.8. The molecule has 190 valence electrons. The molecule has 1 atom stereocenters. The van der Waals surface area contributed by atoms with Crippen molar-refractivity contribution >= 4 is 29.2 Å². The molecule has 2 aliphatic heterocycles. The van der Waals surface area contributed by atoms with E-state index in [0.717, 1.165) is 16.9 Å². The summed E-state index contributed by atoms with van der Waals surface area (Å²) in [7, 11) is 0. The first-order valence-corrected chi connectivity index (χ1v) is 12.1. The van der Waals surface area contributed by atoms with Gasteiger partial charge in [-0.1, -0.05) is 31.2 Å². The SMILES string of the molecule is CCCOc1ccc(NC(=O)C[C@@H]2C(=O)N(c3ccccc3)C(=O)N2Cc2ccc3c(c2)OCO3)cc1. The first kappa shape index (κ1) is 24.2. The normalized spacial score (nSPS) is 16.3. The third-order valence-electron chi connectivity index (χ3n) is 6.11. The molecule has 4 amide bonds. The van der Waals surface area contributed by atoms with Crippen LogP contribution in [0.5, 0.6) is 17.2 Å². The second kappa shape index (κ2) is 10.6. The van der Waals surface area contributed by atoms with E-state index in [1.165, 1.54) is 4.90 Å². The molecule has 0 unspecified atom stereocenters. The van der Waals surface area contributed by atoms with Crippen LogP contribution in [-0.4, -0.2) is 42.2 Å². The van der Waals surface area contributed by atoms with Gasteiger partial charge in [-0.05, 0) is 60.5 Å². The highest BCUT2D eigenvalue weighted by atomic mass is 16.7. The molecule has 1 N–H and O–H groups in total. The number of nitrogens with one attached hydrogen (secondary N) is 1. The van der Waals surface area contributed by atoms with Gasteiger partial charge in [0.2, 0.25) is 12.7 Å². The van der Waals surface area contributed by atoms with Gasteiger partial charge in [0, 0.05) is 12.2 Å². The van der Waals surface area contributed by atoms with Gasteiger partial charge in [0.05, 0.1) is 18.7 Å². The number of rotatable bonds is 9. The molecule has 2 heterocycles. The number of amides is 4. The second-order valence-electron chi connectivity index (χ2n) is 8.75. The van der Waals surface area contributed by atoms with Crippen LogP contribution >= 0.6 is 0 Å². The van der Waals surface area contributed by atoms with Gasteiger partial charge in [-0.2, -0.15) is 0 Å². The van der Waals surface area contributed by atoms with E-state index in [1.807, 2.05) is 19.1 Å². The van der Waals surface area contributed by atoms with Crippen molar-refractivity contribution in [3.8, 4) is 17.2 Å². The number of fused-ring (bicyclic) bond motifs is 1. The summed E-state index contributed by atoms with van der Waals surface area (Å²) in [5.74, 6) is 1.09. The van der Waals surface area contributed by atoms with Gasteiger partial charge in [-0.15, -0.1) is 0 Å². The monoisotopic (exact) mass is 501 g/mol. The van der Waals surface area contributed by atoms with E-state index in [1.54, 1.807) is 60.7 Å². The van der Waals surface area contributed by atoms with Gasteiger partial charge >= 0.3 is 6.03 Å². The van der Waals surface area contributed by atoms with Crippen molar-refractivity contribution in [3.63, 3.8) is 0 Å². The maximum absolute atomic E-state index is 13.5. The number of imide groups is 1. The molecule has 0 radical (unpaired) electrons. The molecule has 0 saturated carbocycles. The van der Waals surface area contributed by atoms with Gasteiger partial charge in [0.25, 0.3) is 5.91 Å². The number of urea groups is 1. The van der Waals surface area contributed by atoms with Crippen LogP contribution in [0.15, 0.2) is 72.8 Å². The second-order valence-corrected chi connectivity index (χ2v) is 8.75. The molecule has 0 bridgehead atoms. The highest BCUT2D eigenvalue weighted by Gasteiger charge is 2.46. The molecule has 1 fully saturated rings. The lowest BCUT2D eigenvalue weighted by Crippen LogP contribution is -2.37. The van der Waals surface area contributed by atoms with E-state index in [2.05, 4.69) is 5.32 Å². The Labute approximate surface area is 214 Å². The zero-order valence-electron chi connectivity index (χ0n) is 20.4. The number of hydrogen-bond donors (Lipinski definition) is 1. The molecule has 3 aromatic rings. The average molecular weight is 502 g/mol. The number of carbonyl (C=O) groups is 3. The van der Waals surface area contributed by atoms with Crippen LogP contribution < -0.4 is 24.4 Å². The summed E-state index contributed by atoms with van der Waals surface area (Å²) < 4.78 is 16.4. The Morgan fingerprint density at radius 1 is 1.00 bits per heavy atom. The Morgan fingerprint density at radius 2 is 1.76 bits per heavy atom. The van der Waals surface area contributed by atoms with Crippen LogP contribution in [0.3, 0.4) is 0 Å². The van der Waals surface area contributed by atoms with Crippen molar-refractivity contribution in [2.45, 2.75) is 32.4 Å². The number of nitrogens with zero attached hydrogens (tertiary/aromatic N) is 2. The fraction of sp³-hybridized carbons (Fsp3) is 0.250. The van der Waals surface area contributed by atoms with Gasteiger partial charge in [0.1, 0.15) is 11.8 Å². The lowest BCUT2D eigenvalue weighted by molar-refractivity contribution is -0.124. The van der Waals surface area contributed by atoms with E-state index in [0.29, 0.717) is 35.2 Å². The highest BCUT2D eigenvalue weighted by molar-refractivity contribution is 6.22. The van der Waals surface area contributed by atoms with Gasteiger partial charge in [-0.25, -0.2) is 9.69 Å².